The van der Waals surface area contributed by atoms with E-state index in [0.717, 1.165) is 22.6 Å². The fraction of sp³-hybridized carbons (Fsp3) is 0.0526. The van der Waals surface area contributed by atoms with E-state index in [9.17, 15) is 0 Å². The van der Waals surface area contributed by atoms with E-state index in [1.54, 1.807) is 16.8 Å². The van der Waals surface area contributed by atoms with Gasteiger partial charge in [0.1, 0.15) is 5.69 Å². The van der Waals surface area contributed by atoms with Crippen LogP contribution in [-0.2, 0) is 0 Å². The maximum atomic E-state index is 8.91. The summed E-state index contributed by atoms with van der Waals surface area (Å²) in [6.07, 6.45) is 1.86. The van der Waals surface area contributed by atoms with Crippen molar-refractivity contribution in [3.8, 4) is 28.8 Å². The third-order valence-electron chi connectivity index (χ3n) is 3.91. The van der Waals surface area contributed by atoms with Gasteiger partial charge in [-0.05, 0) is 31.2 Å². The van der Waals surface area contributed by atoms with Crippen molar-refractivity contribution in [1.29, 1.82) is 5.26 Å². The second kappa shape index (κ2) is 6.06. The number of rotatable bonds is 3. The van der Waals surface area contributed by atoms with Crippen LogP contribution < -0.4 is 0 Å². The summed E-state index contributed by atoms with van der Waals surface area (Å²) in [4.78, 5) is 0. The fourth-order valence-electron chi connectivity index (χ4n) is 2.63. The van der Waals surface area contributed by atoms with E-state index in [-0.39, 0.29) is 0 Å². The van der Waals surface area contributed by atoms with Gasteiger partial charge in [-0.25, -0.2) is 4.68 Å². The van der Waals surface area contributed by atoms with Crippen molar-refractivity contribution in [1.82, 2.24) is 24.8 Å². The molecule has 0 aliphatic carbocycles. The second-order valence-electron chi connectivity index (χ2n) is 5.63. The van der Waals surface area contributed by atoms with Crippen LogP contribution in [0.25, 0.3) is 22.8 Å². The monoisotopic (exact) mass is 326 g/mol. The Labute approximate surface area is 144 Å². The standard InChI is InChI=1S/C19H14N6/c1-14-11-19(22-25(14)17-9-7-15(12-20)8-10-17)24-13-18(21-23-24)16-5-3-2-4-6-16/h2-11,13H,1H3. The van der Waals surface area contributed by atoms with E-state index >= 15 is 0 Å². The van der Waals surface area contributed by atoms with Gasteiger partial charge in [-0.2, -0.15) is 9.94 Å². The highest BCUT2D eigenvalue weighted by molar-refractivity contribution is 5.57. The van der Waals surface area contributed by atoms with Crippen LogP contribution in [0.1, 0.15) is 11.3 Å². The molecule has 0 fully saturated rings. The first kappa shape index (κ1) is 14.8. The molecular formula is C19H14N6. The molecule has 0 atom stereocenters. The highest BCUT2D eigenvalue weighted by Gasteiger charge is 2.11. The molecule has 0 bridgehead atoms. The molecule has 0 radical (unpaired) electrons. The maximum absolute atomic E-state index is 8.91. The lowest BCUT2D eigenvalue weighted by Gasteiger charge is -2.03. The van der Waals surface area contributed by atoms with Gasteiger partial charge in [-0.3, -0.25) is 0 Å². The Morgan fingerprint density at radius 1 is 1.00 bits per heavy atom. The second-order valence-corrected chi connectivity index (χ2v) is 5.63. The van der Waals surface area contributed by atoms with E-state index in [1.165, 1.54) is 0 Å². The van der Waals surface area contributed by atoms with E-state index in [1.807, 2.05) is 66.3 Å². The zero-order valence-electron chi connectivity index (χ0n) is 13.5. The predicted octanol–water partition coefficient (Wildman–Crippen LogP) is 3.30. The van der Waals surface area contributed by atoms with Crippen molar-refractivity contribution >= 4 is 0 Å². The number of nitriles is 1. The van der Waals surface area contributed by atoms with Crippen molar-refractivity contribution in [3.05, 3.63) is 78.1 Å². The number of aromatic nitrogens is 5. The lowest BCUT2D eigenvalue weighted by Crippen LogP contribution is -2.01. The van der Waals surface area contributed by atoms with Crippen molar-refractivity contribution in [3.63, 3.8) is 0 Å². The van der Waals surface area contributed by atoms with Crippen molar-refractivity contribution in [2.75, 3.05) is 0 Å². The van der Waals surface area contributed by atoms with Crippen LogP contribution in [0.3, 0.4) is 0 Å². The molecule has 0 unspecified atom stereocenters. The molecule has 0 N–H and O–H groups in total. The Bertz CT molecular complexity index is 1050. The van der Waals surface area contributed by atoms with Gasteiger partial charge in [0, 0.05) is 17.3 Å². The lowest BCUT2D eigenvalue weighted by atomic mass is 10.2. The molecule has 2 aromatic heterocycles. The van der Waals surface area contributed by atoms with Crippen LogP contribution >= 0.6 is 0 Å². The van der Waals surface area contributed by atoms with Gasteiger partial charge < -0.3 is 0 Å². The molecule has 4 rings (SSSR count). The summed E-state index contributed by atoms with van der Waals surface area (Å²) in [5.74, 6) is 0.691. The minimum atomic E-state index is 0.623. The maximum Gasteiger partial charge on any atom is 0.177 e. The summed E-state index contributed by atoms with van der Waals surface area (Å²) in [6.45, 7) is 1.98. The molecule has 4 aromatic rings. The van der Waals surface area contributed by atoms with Crippen molar-refractivity contribution in [2.24, 2.45) is 0 Å². The zero-order chi connectivity index (χ0) is 17.2. The molecule has 0 saturated carbocycles. The highest BCUT2D eigenvalue weighted by atomic mass is 15.5. The van der Waals surface area contributed by atoms with Crippen LogP contribution in [0, 0.1) is 18.3 Å². The van der Waals surface area contributed by atoms with Crippen LogP contribution in [0.5, 0.6) is 0 Å². The van der Waals surface area contributed by atoms with Gasteiger partial charge in [0.25, 0.3) is 0 Å². The quantitative estimate of drug-likeness (QED) is 0.579. The summed E-state index contributed by atoms with van der Waals surface area (Å²) in [5.41, 5.74) is 4.29. The molecule has 2 aromatic carbocycles. The predicted molar refractivity (Wildman–Crippen MR) is 93.4 cm³/mol. The first-order chi connectivity index (χ1) is 12.2. The average molecular weight is 326 g/mol. The normalized spacial score (nSPS) is 10.6. The zero-order valence-corrected chi connectivity index (χ0v) is 13.5. The Morgan fingerprint density at radius 2 is 1.76 bits per heavy atom. The summed E-state index contributed by atoms with van der Waals surface area (Å²) in [7, 11) is 0. The van der Waals surface area contributed by atoms with Gasteiger partial charge in [0.05, 0.1) is 23.5 Å². The Morgan fingerprint density at radius 3 is 2.48 bits per heavy atom. The largest absolute Gasteiger partial charge is 0.236 e. The average Bonchev–Trinajstić information content (AvgIpc) is 3.29. The molecule has 0 aliphatic heterocycles. The number of hydrogen-bond donors (Lipinski definition) is 0. The molecule has 0 amide bonds. The van der Waals surface area contributed by atoms with Crippen LogP contribution in [0.15, 0.2) is 66.9 Å². The van der Waals surface area contributed by atoms with E-state index in [2.05, 4.69) is 21.5 Å². The van der Waals surface area contributed by atoms with Gasteiger partial charge in [0.15, 0.2) is 5.82 Å². The van der Waals surface area contributed by atoms with E-state index in [0.29, 0.717) is 11.4 Å². The number of nitrogens with zero attached hydrogens (tertiary/aromatic N) is 6. The molecule has 6 heteroatoms. The molecule has 0 spiro atoms. The summed E-state index contributed by atoms with van der Waals surface area (Å²) < 4.78 is 3.48. The van der Waals surface area contributed by atoms with Gasteiger partial charge in [-0.15, -0.1) is 10.2 Å². The summed E-state index contributed by atoms with van der Waals surface area (Å²) in [6, 6.07) is 21.3. The van der Waals surface area contributed by atoms with E-state index in [4.69, 9.17) is 5.26 Å². The minimum absolute atomic E-state index is 0.623. The topological polar surface area (TPSA) is 72.3 Å². The first-order valence-electron chi connectivity index (χ1n) is 7.80. The molecule has 0 saturated heterocycles. The van der Waals surface area contributed by atoms with Crippen LogP contribution in [-0.4, -0.2) is 24.8 Å². The molecular weight excluding hydrogens is 312 g/mol. The minimum Gasteiger partial charge on any atom is -0.236 e. The van der Waals surface area contributed by atoms with Gasteiger partial charge in [0.2, 0.25) is 0 Å². The highest BCUT2D eigenvalue weighted by Crippen LogP contribution is 2.18. The smallest absolute Gasteiger partial charge is 0.177 e. The Hall–Kier alpha value is -3.72. The lowest BCUT2D eigenvalue weighted by molar-refractivity contribution is 0.750. The van der Waals surface area contributed by atoms with Crippen LogP contribution in [0.4, 0.5) is 0 Å². The summed E-state index contributed by atoms with van der Waals surface area (Å²) in [5, 5.41) is 21.9. The molecule has 120 valence electrons. The fourth-order valence-corrected chi connectivity index (χ4v) is 2.63. The third kappa shape index (κ3) is 2.79. The number of aryl methyl sites for hydroxylation is 1. The van der Waals surface area contributed by atoms with Gasteiger partial charge >= 0.3 is 0 Å². The molecule has 6 nitrogen and oxygen atoms in total. The third-order valence-corrected chi connectivity index (χ3v) is 3.91. The molecule has 0 aliphatic rings. The summed E-state index contributed by atoms with van der Waals surface area (Å²) >= 11 is 0. The van der Waals surface area contributed by atoms with Crippen molar-refractivity contribution in [2.45, 2.75) is 6.92 Å². The first-order valence-corrected chi connectivity index (χ1v) is 7.80. The molecule has 25 heavy (non-hydrogen) atoms. The van der Waals surface area contributed by atoms with Gasteiger partial charge in [-0.1, -0.05) is 35.5 Å². The van der Waals surface area contributed by atoms with Crippen LogP contribution in [0.2, 0.25) is 0 Å². The Balaban J connectivity index is 1.68. The number of benzene rings is 2. The number of hydrogen-bond acceptors (Lipinski definition) is 4. The Kier molecular flexibility index (Phi) is 3.60. The SMILES string of the molecule is Cc1cc(-n2cc(-c3ccccc3)nn2)nn1-c1ccc(C#N)cc1. The van der Waals surface area contributed by atoms with E-state index < -0.39 is 0 Å². The van der Waals surface area contributed by atoms with Crippen molar-refractivity contribution < 1.29 is 0 Å². The molecule has 2 heterocycles.